The van der Waals surface area contributed by atoms with Gasteiger partial charge in [-0.1, -0.05) is 0 Å². The van der Waals surface area contributed by atoms with Crippen molar-refractivity contribution < 1.29 is 9.84 Å². The van der Waals surface area contributed by atoms with E-state index in [0.717, 1.165) is 42.7 Å². The van der Waals surface area contributed by atoms with Crippen molar-refractivity contribution in [1.29, 1.82) is 5.26 Å². The highest BCUT2D eigenvalue weighted by Crippen LogP contribution is 2.35. The first-order valence-electron chi connectivity index (χ1n) is 8.41. The van der Waals surface area contributed by atoms with Gasteiger partial charge in [0.15, 0.2) is 0 Å². The van der Waals surface area contributed by atoms with Gasteiger partial charge >= 0.3 is 0 Å². The number of nitrogens with zero attached hydrogens (tertiary/aromatic N) is 4. The number of anilines is 1. The van der Waals surface area contributed by atoms with Crippen LogP contribution in [0.15, 0.2) is 30.7 Å². The Bertz CT molecular complexity index is 779. The van der Waals surface area contributed by atoms with Crippen LogP contribution in [-0.2, 0) is 0 Å². The number of rotatable bonds is 4. The first-order valence-corrected chi connectivity index (χ1v) is 8.41. The number of nitriles is 1. The van der Waals surface area contributed by atoms with Crippen LogP contribution in [0.4, 0.5) is 5.69 Å². The fourth-order valence-electron chi connectivity index (χ4n) is 3.38. The van der Waals surface area contributed by atoms with E-state index in [4.69, 9.17) is 10.00 Å². The Kier molecular flexibility index (Phi) is 5.15. The second-order valence-corrected chi connectivity index (χ2v) is 6.36. The molecule has 25 heavy (non-hydrogen) atoms. The van der Waals surface area contributed by atoms with Crippen LogP contribution in [0.2, 0.25) is 0 Å². The lowest BCUT2D eigenvalue weighted by Gasteiger charge is -2.35. The monoisotopic (exact) mass is 338 g/mol. The molecule has 0 radical (unpaired) electrons. The Morgan fingerprint density at radius 2 is 2.12 bits per heavy atom. The first-order chi connectivity index (χ1) is 12.1. The minimum absolute atomic E-state index is 0.168. The summed E-state index contributed by atoms with van der Waals surface area (Å²) in [4.78, 5) is 10.6. The molecular formula is C19H22N4O2. The molecule has 1 N–H and O–H groups in total. The highest BCUT2D eigenvalue weighted by atomic mass is 16.5. The molecule has 1 saturated heterocycles. The number of hydrogen-bond donors (Lipinski definition) is 1. The Hall–Kier alpha value is -2.65. The molecule has 0 aromatic carbocycles. The van der Waals surface area contributed by atoms with E-state index in [2.05, 4.69) is 20.9 Å². The second-order valence-electron chi connectivity index (χ2n) is 6.36. The van der Waals surface area contributed by atoms with E-state index < -0.39 is 6.10 Å². The van der Waals surface area contributed by atoms with E-state index in [-0.39, 0.29) is 5.92 Å². The Labute approximate surface area is 147 Å². The van der Waals surface area contributed by atoms with E-state index in [1.54, 1.807) is 31.8 Å². The van der Waals surface area contributed by atoms with E-state index in [0.29, 0.717) is 11.4 Å². The Morgan fingerprint density at radius 3 is 2.76 bits per heavy atom. The molecule has 2 aromatic heterocycles. The fraction of sp³-hybridized carbons (Fsp3) is 0.421. The summed E-state index contributed by atoms with van der Waals surface area (Å²) in [6.07, 6.45) is 6.27. The van der Waals surface area contributed by atoms with Gasteiger partial charge in [0.2, 0.25) is 0 Å². The molecule has 1 aliphatic heterocycles. The molecule has 3 rings (SSSR count). The second kappa shape index (κ2) is 7.49. The molecular weight excluding hydrogens is 316 g/mol. The maximum absolute atomic E-state index is 10.7. The predicted octanol–water partition coefficient (Wildman–Crippen LogP) is 2.62. The molecule has 0 saturated carbocycles. The summed E-state index contributed by atoms with van der Waals surface area (Å²) >= 11 is 0. The molecule has 1 unspecified atom stereocenters. The summed E-state index contributed by atoms with van der Waals surface area (Å²) in [6.45, 7) is 3.59. The third kappa shape index (κ3) is 3.57. The highest BCUT2D eigenvalue weighted by molar-refractivity contribution is 5.49. The van der Waals surface area contributed by atoms with Gasteiger partial charge in [0.1, 0.15) is 17.5 Å². The fourth-order valence-corrected chi connectivity index (χ4v) is 3.38. The lowest BCUT2D eigenvalue weighted by molar-refractivity contribution is 0.0901. The van der Waals surface area contributed by atoms with Gasteiger partial charge in [0, 0.05) is 31.0 Å². The van der Waals surface area contributed by atoms with Gasteiger partial charge in [-0.2, -0.15) is 5.26 Å². The number of aryl methyl sites for hydroxylation is 1. The minimum Gasteiger partial charge on any atom is -0.496 e. The van der Waals surface area contributed by atoms with Crippen molar-refractivity contribution in [2.75, 3.05) is 25.1 Å². The van der Waals surface area contributed by atoms with Gasteiger partial charge in [-0.15, -0.1) is 0 Å². The zero-order valence-electron chi connectivity index (χ0n) is 14.5. The number of aliphatic hydroxyl groups excluding tert-OH is 1. The molecule has 3 heterocycles. The van der Waals surface area contributed by atoms with Gasteiger partial charge in [-0.05, 0) is 43.4 Å². The third-order valence-electron chi connectivity index (χ3n) is 4.87. The van der Waals surface area contributed by atoms with Crippen LogP contribution in [0.1, 0.15) is 35.8 Å². The topological polar surface area (TPSA) is 82.3 Å². The molecule has 0 spiro atoms. The standard InChI is InChI=1S/C19H22N4O2/c1-13-9-15(11-22-17(13)10-20)23-7-4-14(5-8-23)19(24)16-12-21-6-3-18(16)25-2/h3,6,9,11-12,14,19,24H,4-5,7-8H2,1-2H3. The van der Waals surface area contributed by atoms with E-state index >= 15 is 0 Å². The van der Waals surface area contributed by atoms with Gasteiger partial charge in [-0.3, -0.25) is 4.98 Å². The molecule has 2 aromatic rings. The van der Waals surface area contributed by atoms with Crippen LogP contribution in [0.3, 0.4) is 0 Å². The first kappa shape index (κ1) is 17.2. The normalized spacial score (nSPS) is 16.3. The van der Waals surface area contributed by atoms with Crippen molar-refractivity contribution in [3.8, 4) is 11.8 Å². The number of ether oxygens (including phenoxy) is 1. The Balaban J connectivity index is 1.67. The molecule has 6 nitrogen and oxygen atoms in total. The number of aromatic nitrogens is 2. The molecule has 0 bridgehead atoms. The third-order valence-corrected chi connectivity index (χ3v) is 4.87. The summed E-state index contributed by atoms with van der Waals surface area (Å²) in [5.74, 6) is 0.846. The molecule has 1 aliphatic rings. The van der Waals surface area contributed by atoms with E-state index in [1.165, 1.54) is 0 Å². The maximum atomic E-state index is 10.7. The summed E-state index contributed by atoms with van der Waals surface area (Å²) in [5, 5.41) is 19.7. The lowest BCUT2D eigenvalue weighted by atomic mass is 9.87. The van der Waals surface area contributed by atoms with E-state index in [1.807, 2.05) is 13.0 Å². The largest absolute Gasteiger partial charge is 0.496 e. The summed E-state index contributed by atoms with van der Waals surface area (Å²) in [6, 6.07) is 5.88. The van der Waals surface area contributed by atoms with Gasteiger partial charge < -0.3 is 14.7 Å². The smallest absolute Gasteiger partial charge is 0.143 e. The molecule has 6 heteroatoms. The van der Waals surface area contributed by atoms with E-state index in [9.17, 15) is 5.11 Å². The number of piperidine rings is 1. The van der Waals surface area contributed by atoms with Crippen LogP contribution < -0.4 is 9.64 Å². The van der Waals surface area contributed by atoms with Crippen molar-refractivity contribution in [2.24, 2.45) is 5.92 Å². The molecule has 0 aliphatic carbocycles. The van der Waals surface area contributed by atoms with Crippen LogP contribution in [-0.4, -0.2) is 35.3 Å². The summed E-state index contributed by atoms with van der Waals surface area (Å²) in [5.41, 5.74) is 3.14. The Morgan fingerprint density at radius 1 is 1.36 bits per heavy atom. The maximum Gasteiger partial charge on any atom is 0.143 e. The molecule has 0 amide bonds. The molecule has 130 valence electrons. The summed E-state index contributed by atoms with van der Waals surface area (Å²) < 4.78 is 5.34. The van der Waals surface area contributed by atoms with Crippen LogP contribution >= 0.6 is 0 Å². The lowest BCUT2D eigenvalue weighted by Crippen LogP contribution is -2.35. The van der Waals surface area contributed by atoms with Crippen molar-refractivity contribution in [2.45, 2.75) is 25.9 Å². The van der Waals surface area contributed by atoms with Crippen LogP contribution in [0.5, 0.6) is 5.75 Å². The molecule has 1 fully saturated rings. The van der Waals surface area contributed by atoms with Gasteiger partial charge in [0.05, 0.1) is 25.1 Å². The van der Waals surface area contributed by atoms with Crippen LogP contribution in [0, 0.1) is 24.2 Å². The van der Waals surface area contributed by atoms with Gasteiger partial charge in [0.25, 0.3) is 0 Å². The minimum atomic E-state index is -0.577. The number of aliphatic hydroxyl groups is 1. The SMILES string of the molecule is COc1ccncc1C(O)C1CCN(c2cnc(C#N)c(C)c2)CC1. The highest BCUT2D eigenvalue weighted by Gasteiger charge is 2.28. The zero-order valence-corrected chi connectivity index (χ0v) is 14.5. The average molecular weight is 338 g/mol. The number of methoxy groups -OCH3 is 1. The van der Waals surface area contributed by atoms with Crippen molar-refractivity contribution in [3.63, 3.8) is 0 Å². The van der Waals surface area contributed by atoms with Crippen LogP contribution in [0.25, 0.3) is 0 Å². The van der Waals surface area contributed by atoms with Crippen molar-refractivity contribution >= 4 is 5.69 Å². The van der Waals surface area contributed by atoms with Gasteiger partial charge in [-0.25, -0.2) is 4.98 Å². The molecule has 1 atom stereocenters. The number of hydrogen-bond acceptors (Lipinski definition) is 6. The van der Waals surface area contributed by atoms with Crippen molar-refractivity contribution in [1.82, 2.24) is 9.97 Å². The van der Waals surface area contributed by atoms with Crippen molar-refractivity contribution in [3.05, 3.63) is 47.5 Å². The predicted molar refractivity (Wildman–Crippen MR) is 94.4 cm³/mol. The summed E-state index contributed by atoms with van der Waals surface area (Å²) in [7, 11) is 1.61. The zero-order chi connectivity index (χ0) is 17.8. The number of pyridine rings is 2. The average Bonchev–Trinajstić information content (AvgIpc) is 2.67. The quantitative estimate of drug-likeness (QED) is 0.923.